The lowest BCUT2D eigenvalue weighted by Gasteiger charge is -2.08. The maximum absolute atomic E-state index is 10.9. The molecular weight excluding hydrogens is 274 g/mol. The van der Waals surface area contributed by atoms with E-state index in [1.807, 2.05) is 0 Å². The van der Waals surface area contributed by atoms with Crippen LogP contribution < -0.4 is 0 Å². The van der Waals surface area contributed by atoms with Gasteiger partial charge in [0.05, 0.1) is 4.92 Å². The van der Waals surface area contributed by atoms with E-state index in [-0.39, 0.29) is 16.9 Å². The van der Waals surface area contributed by atoms with Crippen LogP contribution in [-0.2, 0) is 14.9 Å². The van der Waals surface area contributed by atoms with E-state index in [1.165, 1.54) is 0 Å². The summed E-state index contributed by atoms with van der Waals surface area (Å²) >= 11 is 5.62. The molecule has 0 spiro atoms. The Morgan fingerprint density at radius 3 is 2.47 bits per heavy atom. The summed E-state index contributed by atoms with van der Waals surface area (Å²) in [5.74, 6) is 0. The summed E-state index contributed by atoms with van der Waals surface area (Å²) in [4.78, 5) is 20.3. The Morgan fingerprint density at radius 2 is 2.06 bits per heavy atom. The van der Waals surface area contributed by atoms with Gasteiger partial charge < -0.3 is 4.79 Å². The van der Waals surface area contributed by atoms with E-state index in [4.69, 9.17) is 16.2 Å². The molecular formula is C8H6ClNO6S. The Kier molecular flexibility index (Phi) is 3.81. The van der Waals surface area contributed by atoms with E-state index in [1.54, 1.807) is 0 Å². The number of nitrogens with zero attached hydrogens (tertiary/aromatic N) is 1. The smallest absolute Gasteiger partial charge is 0.279 e. The van der Waals surface area contributed by atoms with Gasteiger partial charge in [0.1, 0.15) is 6.29 Å². The van der Waals surface area contributed by atoms with Gasteiger partial charge in [-0.15, -0.1) is 0 Å². The van der Waals surface area contributed by atoms with Gasteiger partial charge in [-0.2, -0.15) is 8.42 Å². The minimum absolute atomic E-state index is 0.0553. The second-order valence-electron chi connectivity index (χ2n) is 3.03. The average Bonchev–Trinajstić information content (AvgIpc) is 2.19. The SMILES string of the molecule is O=CC(c1cc([N+](=O)[O-])ccc1Cl)S(=O)(=O)O. The monoisotopic (exact) mass is 279 g/mol. The van der Waals surface area contributed by atoms with Crippen LogP contribution in [0.3, 0.4) is 0 Å². The molecule has 1 unspecified atom stereocenters. The van der Waals surface area contributed by atoms with E-state index in [9.17, 15) is 23.3 Å². The second kappa shape index (κ2) is 4.78. The molecule has 0 radical (unpaired) electrons. The molecule has 9 heteroatoms. The van der Waals surface area contributed by atoms with Gasteiger partial charge >= 0.3 is 0 Å². The first-order valence-electron chi connectivity index (χ1n) is 4.13. The number of nitro benzene ring substituents is 1. The number of benzene rings is 1. The van der Waals surface area contributed by atoms with Crippen LogP contribution in [0.4, 0.5) is 5.69 Å². The maximum atomic E-state index is 10.9. The van der Waals surface area contributed by atoms with Gasteiger partial charge in [-0.05, 0) is 6.07 Å². The summed E-state index contributed by atoms with van der Waals surface area (Å²) in [5.41, 5.74) is -0.765. The van der Waals surface area contributed by atoms with Gasteiger partial charge in [-0.3, -0.25) is 14.7 Å². The molecule has 0 aromatic heterocycles. The van der Waals surface area contributed by atoms with Crippen molar-refractivity contribution in [1.29, 1.82) is 0 Å². The molecule has 17 heavy (non-hydrogen) atoms. The van der Waals surface area contributed by atoms with Gasteiger partial charge in [0.25, 0.3) is 15.8 Å². The summed E-state index contributed by atoms with van der Waals surface area (Å²) in [7, 11) is -4.71. The van der Waals surface area contributed by atoms with Crippen LogP contribution in [0.5, 0.6) is 0 Å². The molecule has 0 aliphatic rings. The highest BCUT2D eigenvalue weighted by atomic mass is 35.5. The third-order valence-corrected chi connectivity index (χ3v) is 3.29. The fourth-order valence-corrected chi connectivity index (χ4v) is 2.12. The summed E-state index contributed by atoms with van der Waals surface area (Å²) in [5, 5.41) is 8.39. The number of aldehydes is 1. The van der Waals surface area contributed by atoms with Crippen LogP contribution in [0.25, 0.3) is 0 Å². The highest BCUT2D eigenvalue weighted by Crippen LogP contribution is 2.30. The highest BCUT2D eigenvalue weighted by molar-refractivity contribution is 7.86. The van der Waals surface area contributed by atoms with Crippen molar-refractivity contribution in [3.8, 4) is 0 Å². The molecule has 1 rings (SSSR count). The number of nitro groups is 1. The third-order valence-electron chi connectivity index (χ3n) is 1.94. The molecule has 7 nitrogen and oxygen atoms in total. The first-order chi connectivity index (χ1) is 7.77. The minimum atomic E-state index is -4.71. The molecule has 0 saturated heterocycles. The second-order valence-corrected chi connectivity index (χ2v) is 4.98. The fraction of sp³-hybridized carbons (Fsp3) is 0.125. The third kappa shape index (κ3) is 2.99. The Hall–Kier alpha value is -1.51. The summed E-state index contributed by atoms with van der Waals surface area (Å²) in [6.45, 7) is 0. The Balaban J connectivity index is 3.43. The minimum Gasteiger partial charge on any atom is -0.301 e. The van der Waals surface area contributed by atoms with Gasteiger partial charge in [0.2, 0.25) is 0 Å². The number of carbonyl (C=O) groups is 1. The standard InChI is InChI=1S/C8H6ClNO6S/c9-7-2-1-5(10(12)13)3-6(7)8(4-11)17(14,15)16/h1-4,8H,(H,14,15,16). The van der Waals surface area contributed by atoms with Gasteiger partial charge in [0, 0.05) is 22.7 Å². The zero-order valence-electron chi connectivity index (χ0n) is 8.11. The Labute approximate surface area is 101 Å². The van der Waals surface area contributed by atoms with Crippen molar-refractivity contribution in [1.82, 2.24) is 0 Å². The first kappa shape index (κ1) is 13.6. The molecule has 0 saturated carbocycles. The molecule has 0 aliphatic carbocycles. The lowest BCUT2D eigenvalue weighted by atomic mass is 10.1. The lowest BCUT2D eigenvalue weighted by Crippen LogP contribution is -2.14. The zero-order valence-corrected chi connectivity index (χ0v) is 9.68. The van der Waals surface area contributed by atoms with Crippen LogP contribution in [0.1, 0.15) is 10.8 Å². The van der Waals surface area contributed by atoms with E-state index in [2.05, 4.69) is 0 Å². The van der Waals surface area contributed by atoms with Crippen molar-refractivity contribution in [2.24, 2.45) is 0 Å². The molecule has 1 aromatic rings. The highest BCUT2D eigenvalue weighted by Gasteiger charge is 2.28. The van der Waals surface area contributed by atoms with Crippen molar-refractivity contribution in [2.45, 2.75) is 5.25 Å². The van der Waals surface area contributed by atoms with Gasteiger partial charge in [-0.1, -0.05) is 11.6 Å². The molecule has 1 N–H and O–H groups in total. The number of carbonyl (C=O) groups excluding carboxylic acids is 1. The average molecular weight is 280 g/mol. The maximum Gasteiger partial charge on any atom is 0.279 e. The van der Waals surface area contributed by atoms with E-state index < -0.39 is 26.0 Å². The quantitative estimate of drug-likeness (QED) is 0.385. The van der Waals surface area contributed by atoms with Crippen molar-refractivity contribution >= 4 is 33.7 Å². The van der Waals surface area contributed by atoms with Crippen LogP contribution in [0, 0.1) is 10.1 Å². The molecule has 0 amide bonds. The molecule has 1 aromatic carbocycles. The topological polar surface area (TPSA) is 115 Å². The first-order valence-corrected chi connectivity index (χ1v) is 6.01. The summed E-state index contributed by atoms with van der Waals surface area (Å²) in [6.07, 6.45) is -0.0553. The molecule has 0 heterocycles. The molecule has 1 atom stereocenters. The van der Waals surface area contributed by atoms with Gasteiger partial charge in [0.15, 0.2) is 5.25 Å². The molecule has 0 fully saturated rings. The van der Waals surface area contributed by atoms with Crippen molar-refractivity contribution in [3.63, 3.8) is 0 Å². The molecule has 0 bridgehead atoms. The number of hydrogen-bond donors (Lipinski definition) is 1. The summed E-state index contributed by atoms with van der Waals surface area (Å²) in [6, 6.07) is 2.96. The van der Waals surface area contributed by atoms with Gasteiger partial charge in [-0.25, -0.2) is 0 Å². The van der Waals surface area contributed by atoms with E-state index in [0.717, 1.165) is 18.2 Å². The largest absolute Gasteiger partial charge is 0.301 e. The number of non-ortho nitro benzene ring substituents is 1. The van der Waals surface area contributed by atoms with Crippen LogP contribution in [0.15, 0.2) is 18.2 Å². The predicted octanol–water partition coefficient (Wildman–Crippen LogP) is 1.38. The summed E-state index contributed by atoms with van der Waals surface area (Å²) < 4.78 is 30.6. The predicted molar refractivity (Wildman–Crippen MR) is 58.5 cm³/mol. The zero-order chi connectivity index (χ0) is 13.2. The van der Waals surface area contributed by atoms with Crippen molar-refractivity contribution in [2.75, 3.05) is 0 Å². The fourth-order valence-electron chi connectivity index (χ4n) is 1.17. The number of halogens is 1. The number of rotatable bonds is 4. The Bertz CT molecular complexity index is 569. The molecule has 92 valence electrons. The van der Waals surface area contributed by atoms with E-state index in [0.29, 0.717) is 0 Å². The number of hydrogen-bond acceptors (Lipinski definition) is 5. The van der Waals surface area contributed by atoms with Crippen molar-refractivity contribution in [3.05, 3.63) is 38.9 Å². The normalized spacial score (nSPS) is 13.1. The van der Waals surface area contributed by atoms with Crippen molar-refractivity contribution < 1.29 is 22.7 Å². The Morgan fingerprint density at radius 1 is 1.47 bits per heavy atom. The molecule has 0 aliphatic heterocycles. The lowest BCUT2D eigenvalue weighted by molar-refractivity contribution is -0.384. The van der Waals surface area contributed by atoms with E-state index >= 15 is 0 Å². The van der Waals surface area contributed by atoms with Crippen LogP contribution in [-0.4, -0.2) is 24.2 Å². The van der Waals surface area contributed by atoms with Crippen LogP contribution in [0.2, 0.25) is 5.02 Å². The van der Waals surface area contributed by atoms with Crippen LogP contribution >= 0.6 is 11.6 Å².